The lowest BCUT2D eigenvalue weighted by molar-refractivity contribution is 0.222. The zero-order valence-electron chi connectivity index (χ0n) is 10.1. The molecule has 5 nitrogen and oxygen atoms in total. The molecule has 1 aromatic carbocycles. The van der Waals surface area contributed by atoms with E-state index < -0.39 is 0 Å². The van der Waals surface area contributed by atoms with Crippen LogP contribution in [-0.4, -0.2) is 21.1 Å². The Balaban J connectivity index is 2.41. The summed E-state index contributed by atoms with van der Waals surface area (Å²) in [6.45, 7) is 3.70. The van der Waals surface area contributed by atoms with E-state index in [0.29, 0.717) is 5.56 Å². The van der Waals surface area contributed by atoms with E-state index in [1.165, 1.54) is 12.1 Å². The maximum atomic E-state index is 13.1. The normalized spacial score (nSPS) is 10.7. The summed E-state index contributed by atoms with van der Waals surface area (Å²) in [5, 5.41) is 0. The van der Waals surface area contributed by atoms with E-state index in [1.807, 2.05) is 13.8 Å². The average molecular weight is 248 g/mol. The van der Waals surface area contributed by atoms with Gasteiger partial charge >= 0.3 is 6.01 Å². The number of hydrogen-bond donors (Lipinski definition) is 1. The minimum atomic E-state index is -0.363. The highest BCUT2D eigenvalue weighted by Crippen LogP contribution is 2.19. The Morgan fingerprint density at radius 2 is 2.00 bits per heavy atom. The van der Waals surface area contributed by atoms with Crippen LogP contribution in [0.3, 0.4) is 0 Å². The lowest BCUT2D eigenvalue weighted by Gasteiger charge is -2.09. The predicted molar refractivity (Wildman–Crippen MR) is 65.4 cm³/mol. The lowest BCUT2D eigenvalue weighted by atomic mass is 10.2. The molecule has 0 aliphatic rings. The summed E-state index contributed by atoms with van der Waals surface area (Å²) in [5.74, 6) is -0.0321. The van der Waals surface area contributed by atoms with Crippen LogP contribution in [-0.2, 0) is 0 Å². The third kappa shape index (κ3) is 2.91. The van der Waals surface area contributed by atoms with Gasteiger partial charge in [0, 0.05) is 5.56 Å². The number of anilines is 1. The van der Waals surface area contributed by atoms with E-state index in [1.54, 1.807) is 12.1 Å². The van der Waals surface area contributed by atoms with Gasteiger partial charge in [0.25, 0.3) is 0 Å². The van der Waals surface area contributed by atoms with Crippen molar-refractivity contribution in [2.45, 2.75) is 20.0 Å². The molecule has 1 heterocycles. The molecule has 0 bridgehead atoms. The number of nitrogens with two attached hydrogens (primary N) is 1. The molecule has 0 fully saturated rings. The number of nitrogen functional groups attached to an aromatic ring is 1. The second-order valence-corrected chi connectivity index (χ2v) is 3.98. The molecule has 94 valence electrons. The van der Waals surface area contributed by atoms with Gasteiger partial charge in [-0.15, -0.1) is 0 Å². The standard InChI is InChI=1S/C12H13FN4O/c1-7(2)18-12-16-10(15-11(14)17-12)8-4-3-5-9(13)6-8/h3-7H,1-2H3,(H2,14,15,16,17). The van der Waals surface area contributed by atoms with Crippen molar-refractivity contribution < 1.29 is 9.13 Å². The fraction of sp³-hybridized carbons (Fsp3) is 0.250. The van der Waals surface area contributed by atoms with Crippen LogP contribution in [0.4, 0.5) is 10.3 Å². The van der Waals surface area contributed by atoms with Crippen LogP contribution in [0.25, 0.3) is 11.4 Å². The van der Waals surface area contributed by atoms with Gasteiger partial charge in [0.1, 0.15) is 5.82 Å². The third-order valence-corrected chi connectivity index (χ3v) is 2.06. The predicted octanol–water partition coefficient (Wildman–Crippen LogP) is 2.05. The van der Waals surface area contributed by atoms with Crippen molar-refractivity contribution in [2.75, 3.05) is 5.73 Å². The largest absolute Gasteiger partial charge is 0.461 e. The molecule has 1 aromatic heterocycles. The van der Waals surface area contributed by atoms with E-state index in [9.17, 15) is 4.39 Å². The molecule has 0 aliphatic carbocycles. The van der Waals surface area contributed by atoms with Crippen molar-refractivity contribution in [3.8, 4) is 17.4 Å². The van der Waals surface area contributed by atoms with E-state index >= 15 is 0 Å². The molecular weight excluding hydrogens is 235 g/mol. The third-order valence-electron chi connectivity index (χ3n) is 2.06. The summed E-state index contributed by atoms with van der Waals surface area (Å²) in [6, 6.07) is 6.08. The maximum Gasteiger partial charge on any atom is 0.322 e. The zero-order chi connectivity index (χ0) is 13.1. The van der Waals surface area contributed by atoms with Crippen molar-refractivity contribution in [3.05, 3.63) is 30.1 Å². The van der Waals surface area contributed by atoms with Crippen molar-refractivity contribution in [3.63, 3.8) is 0 Å². The first-order valence-electron chi connectivity index (χ1n) is 5.49. The Hall–Kier alpha value is -2.24. The van der Waals surface area contributed by atoms with Gasteiger partial charge in [0.05, 0.1) is 6.10 Å². The minimum Gasteiger partial charge on any atom is -0.461 e. The molecule has 2 N–H and O–H groups in total. The Morgan fingerprint density at radius 1 is 1.22 bits per heavy atom. The van der Waals surface area contributed by atoms with Crippen LogP contribution in [0.1, 0.15) is 13.8 Å². The molecule has 0 atom stereocenters. The van der Waals surface area contributed by atoms with Crippen LogP contribution in [0.15, 0.2) is 24.3 Å². The lowest BCUT2D eigenvalue weighted by Crippen LogP contribution is -2.11. The average Bonchev–Trinajstić information content (AvgIpc) is 2.27. The van der Waals surface area contributed by atoms with E-state index in [2.05, 4.69) is 15.0 Å². The molecule has 18 heavy (non-hydrogen) atoms. The van der Waals surface area contributed by atoms with Crippen LogP contribution in [0.5, 0.6) is 6.01 Å². The number of benzene rings is 1. The van der Waals surface area contributed by atoms with Crippen molar-refractivity contribution in [1.29, 1.82) is 0 Å². The second kappa shape index (κ2) is 4.95. The summed E-state index contributed by atoms with van der Waals surface area (Å²) in [4.78, 5) is 11.9. The first kappa shape index (κ1) is 12.2. The van der Waals surface area contributed by atoms with Gasteiger partial charge in [-0.1, -0.05) is 12.1 Å². The molecule has 0 spiro atoms. The molecule has 0 unspecified atom stereocenters. The Morgan fingerprint density at radius 3 is 2.67 bits per heavy atom. The topological polar surface area (TPSA) is 73.9 Å². The van der Waals surface area contributed by atoms with Gasteiger partial charge in [-0.3, -0.25) is 0 Å². The summed E-state index contributed by atoms with van der Waals surface area (Å²) in [5.41, 5.74) is 6.10. The Labute approximate surface area is 104 Å². The van der Waals surface area contributed by atoms with Crippen LogP contribution < -0.4 is 10.5 Å². The molecule has 0 aliphatic heterocycles. The number of aromatic nitrogens is 3. The number of halogens is 1. The molecule has 0 radical (unpaired) electrons. The monoisotopic (exact) mass is 248 g/mol. The van der Waals surface area contributed by atoms with Crippen molar-refractivity contribution >= 4 is 5.95 Å². The minimum absolute atomic E-state index is 0.0416. The zero-order valence-corrected chi connectivity index (χ0v) is 10.1. The number of rotatable bonds is 3. The van der Waals surface area contributed by atoms with E-state index in [-0.39, 0.29) is 29.7 Å². The second-order valence-electron chi connectivity index (χ2n) is 3.98. The molecule has 6 heteroatoms. The highest BCUT2D eigenvalue weighted by molar-refractivity contribution is 5.56. The van der Waals surface area contributed by atoms with Gasteiger partial charge in [0.2, 0.25) is 5.95 Å². The van der Waals surface area contributed by atoms with Crippen molar-refractivity contribution in [2.24, 2.45) is 0 Å². The smallest absolute Gasteiger partial charge is 0.322 e. The van der Waals surface area contributed by atoms with Gasteiger partial charge < -0.3 is 10.5 Å². The first-order chi connectivity index (χ1) is 8.54. The van der Waals surface area contributed by atoms with Crippen LogP contribution >= 0.6 is 0 Å². The van der Waals surface area contributed by atoms with Crippen LogP contribution in [0, 0.1) is 5.82 Å². The highest BCUT2D eigenvalue weighted by Gasteiger charge is 2.09. The number of hydrogen-bond acceptors (Lipinski definition) is 5. The summed E-state index contributed by atoms with van der Waals surface area (Å²) >= 11 is 0. The molecule has 2 rings (SSSR count). The summed E-state index contributed by atoms with van der Waals surface area (Å²) in [6.07, 6.45) is -0.0767. The highest BCUT2D eigenvalue weighted by atomic mass is 19.1. The summed E-state index contributed by atoms with van der Waals surface area (Å²) < 4.78 is 18.5. The van der Waals surface area contributed by atoms with Gasteiger partial charge in [-0.05, 0) is 26.0 Å². The molecule has 0 amide bonds. The number of ether oxygens (including phenoxy) is 1. The first-order valence-corrected chi connectivity index (χ1v) is 5.49. The van der Waals surface area contributed by atoms with Gasteiger partial charge in [0.15, 0.2) is 5.82 Å². The number of nitrogens with zero attached hydrogens (tertiary/aromatic N) is 3. The molecule has 0 saturated heterocycles. The quantitative estimate of drug-likeness (QED) is 0.899. The fourth-order valence-electron chi connectivity index (χ4n) is 1.39. The molecular formula is C12H13FN4O. The van der Waals surface area contributed by atoms with Gasteiger partial charge in [-0.25, -0.2) is 4.39 Å². The molecule has 2 aromatic rings. The van der Waals surface area contributed by atoms with Crippen molar-refractivity contribution in [1.82, 2.24) is 15.0 Å². The van der Waals surface area contributed by atoms with Gasteiger partial charge in [-0.2, -0.15) is 15.0 Å². The Kier molecular flexibility index (Phi) is 3.36. The Bertz CT molecular complexity index is 560. The summed E-state index contributed by atoms with van der Waals surface area (Å²) in [7, 11) is 0. The maximum absolute atomic E-state index is 13.1. The SMILES string of the molecule is CC(C)Oc1nc(N)nc(-c2cccc(F)c2)n1. The fourth-order valence-corrected chi connectivity index (χ4v) is 1.39. The molecule has 0 saturated carbocycles. The van der Waals surface area contributed by atoms with Crippen LogP contribution in [0.2, 0.25) is 0 Å². The van der Waals surface area contributed by atoms with E-state index in [4.69, 9.17) is 10.5 Å². The van der Waals surface area contributed by atoms with E-state index in [0.717, 1.165) is 0 Å².